The highest BCUT2D eigenvalue weighted by atomic mass is 15.4. The maximum atomic E-state index is 6.84. The van der Waals surface area contributed by atoms with Gasteiger partial charge in [0.25, 0.3) is 0 Å². The molecule has 10 heavy (non-hydrogen) atoms. The van der Waals surface area contributed by atoms with Crippen molar-refractivity contribution in [1.29, 1.82) is 5.41 Å². The van der Waals surface area contributed by atoms with Crippen molar-refractivity contribution in [2.75, 3.05) is 7.05 Å². The highest BCUT2D eigenvalue weighted by molar-refractivity contribution is 5.84. The summed E-state index contributed by atoms with van der Waals surface area (Å²) in [7, 11) is 1.75. The highest BCUT2D eigenvalue weighted by Crippen LogP contribution is 1.96. The Morgan fingerprint density at radius 2 is 2.10 bits per heavy atom. The van der Waals surface area contributed by atoms with E-state index >= 15 is 0 Å². The lowest BCUT2D eigenvalue weighted by Crippen LogP contribution is -2.13. The normalized spacial score (nSPS) is 11.9. The zero-order valence-corrected chi connectivity index (χ0v) is 7.05. The van der Waals surface area contributed by atoms with Crippen LogP contribution in [-0.4, -0.2) is 24.1 Å². The first-order valence-corrected chi connectivity index (χ1v) is 3.36. The molecule has 3 heteroatoms. The van der Waals surface area contributed by atoms with Crippen LogP contribution >= 0.6 is 0 Å². The van der Waals surface area contributed by atoms with Gasteiger partial charge in [-0.2, -0.15) is 5.10 Å². The zero-order valence-electron chi connectivity index (χ0n) is 7.05. The summed E-state index contributed by atoms with van der Waals surface area (Å²) in [6, 6.07) is 0. The van der Waals surface area contributed by atoms with Crippen LogP contribution < -0.4 is 0 Å². The van der Waals surface area contributed by atoms with E-state index in [1.165, 1.54) is 11.3 Å². The number of hydrogen-bond acceptors (Lipinski definition) is 2. The zero-order chi connectivity index (χ0) is 8.15. The highest BCUT2D eigenvalue weighted by Gasteiger charge is 1.97. The average molecular weight is 141 g/mol. The van der Waals surface area contributed by atoms with Crippen LogP contribution in [-0.2, 0) is 0 Å². The van der Waals surface area contributed by atoms with Crippen molar-refractivity contribution in [2.45, 2.75) is 20.8 Å². The van der Waals surface area contributed by atoms with E-state index in [2.05, 4.69) is 18.9 Å². The van der Waals surface area contributed by atoms with Crippen LogP contribution in [0.4, 0.5) is 0 Å². The van der Waals surface area contributed by atoms with E-state index in [0.717, 1.165) is 5.71 Å². The van der Waals surface area contributed by atoms with Crippen LogP contribution in [0, 0.1) is 11.3 Å². The van der Waals surface area contributed by atoms with E-state index in [4.69, 9.17) is 5.41 Å². The van der Waals surface area contributed by atoms with Gasteiger partial charge in [0.2, 0.25) is 0 Å². The molecule has 0 saturated heterocycles. The topological polar surface area (TPSA) is 39.5 Å². The Hall–Kier alpha value is -0.860. The number of hydrogen-bond donors (Lipinski definition) is 1. The van der Waals surface area contributed by atoms with E-state index in [1.807, 2.05) is 6.92 Å². The second-order valence-corrected chi connectivity index (χ2v) is 2.60. The maximum Gasteiger partial charge on any atom is 0.102 e. The molecule has 0 radical (unpaired) electrons. The molecule has 0 unspecified atom stereocenters. The van der Waals surface area contributed by atoms with Gasteiger partial charge >= 0.3 is 0 Å². The first kappa shape index (κ1) is 9.14. The number of hydrazone groups is 1. The molecule has 58 valence electrons. The number of rotatable bonds is 3. The molecule has 0 aliphatic carbocycles. The molecule has 0 atom stereocenters. The van der Waals surface area contributed by atoms with E-state index in [-0.39, 0.29) is 0 Å². The van der Waals surface area contributed by atoms with Gasteiger partial charge in [0.15, 0.2) is 0 Å². The molecule has 0 spiro atoms. The molecule has 3 nitrogen and oxygen atoms in total. The molecule has 0 bridgehead atoms. The predicted octanol–water partition coefficient (Wildman–Crippen LogP) is 1.56. The van der Waals surface area contributed by atoms with E-state index in [1.54, 1.807) is 7.05 Å². The largest absolute Gasteiger partial charge is 0.290 e. The van der Waals surface area contributed by atoms with Gasteiger partial charge in [-0.3, -0.25) is 10.4 Å². The monoisotopic (exact) mass is 141 g/mol. The standard InChI is InChI=1S/C7H15N3/c1-6(2)7(3)9-10(4)5-8/h5-6,8H,1-4H3/b8-5?,9-7-. The van der Waals surface area contributed by atoms with Crippen LogP contribution in [0.3, 0.4) is 0 Å². The maximum absolute atomic E-state index is 6.84. The molecule has 0 aromatic heterocycles. The molecule has 0 fully saturated rings. The summed E-state index contributed by atoms with van der Waals surface area (Å²) in [5.74, 6) is 0.461. The molecule has 0 aromatic carbocycles. The Labute approximate surface area is 62.2 Å². The molecule has 0 aromatic rings. The van der Waals surface area contributed by atoms with Crippen molar-refractivity contribution >= 4 is 12.1 Å². The van der Waals surface area contributed by atoms with Gasteiger partial charge in [-0.1, -0.05) is 13.8 Å². The van der Waals surface area contributed by atoms with Crippen molar-refractivity contribution < 1.29 is 0 Å². The van der Waals surface area contributed by atoms with E-state index in [0.29, 0.717) is 5.92 Å². The smallest absolute Gasteiger partial charge is 0.102 e. The molecule has 0 amide bonds. The lowest BCUT2D eigenvalue weighted by atomic mass is 10.1. The van der Waals surface area contributed by atoms with Gasteiger partial charge < -0.3 is 0 Å². The minimum Gasteiger partial charge on any atom is -0.290 e. The van der Waals surface area contributed by atoms with Gasteiger partial charge in [-0.05, 0) is 12.8 Å². The first-order valence-electron chi connectivity index (χ1n) is 3.36. The molecule has 0 heterocycles. The summed E-state index contributed by atoms with van der Waals surface area (Å²) < 4.78 is 0. The van der Waals surface area contributed by atoms with Crippen molar-refractivity contribution in [1.82, 2.24) is 5.01 Å². The third-order valence-corrected chi connectivity index (χ3v) is 1.34. The van der Waals surface area contributed by atoms with Gasteiger partial charge in [0.1, 0.15) is 6.34 Å². The molecular formula is C7H15N3. The molecule has 0 saturated carbocycles. The van der Waals surface area contributed by atoms with Crippen molar-refractivity contribution in [3.63, 3.8) is 0 Å². The van der Waals surface area contributed by atoms with Gasteiger partial charge in [-0.15, -0.1) is 0 Å². The Balaban J connectivity index is 4.01. The summed E-state index contributed by atoms with van der Waals surface area (Å²) in [6.45, 7) is 6.12. The second-order valence-electron chi connectivity index (χ2n) is 2.60. The lowest BCUT2D eigenvalue weighted by molar-refractivity contribution is 0.550. The van der Waals surface area contributed by atoms with Crippen molar-refractivity contribution in [2.24, 2.45) is 11.0 Å². The lowest BCUT2D eigenvalue weighted by Gasteiger charge is -2.08. The second kappa shape index (κ2) is 4.04. The summed E-state index contributed by atoms with van der Waals surface area (Å²) in [4.78, 5) is 0. The van der Waals surface area contributed by atoms with Crippen LogP contribution in [0.15, 0.2) is 5.10 Å². The Morgan fingerprint density at radius 1 is 1.60 bits per heavy atom. The van der Waals surface area contributed by atoms with Crippen molar-refractivity contribution in [3.05, 3.63) is 0 Å². The summed E-state index contributed by atoms with van der Waals surface area (Å²) in [5, 5.41) is 12.4. The van der Waals surface area contributed by atoms with Gasteiger partial charge in [0.05, 0.1) is 0 Å². The fourth-order valence-corrected chi connectivity index (χ4v) is 0.393. The Kier molecular flexibility index (Phi) is 3.69. The van der Waals surface area contributed by atoms with Crippen LogP contribution in [0.2, 0.25) is 0 Å². The molecular weight excluding hydrogens is 126 g/mol. The summed E-state index contributed by atoms with van der Waals surface area (Å²) >= 11 is 0. The average Bonchev–Trinajstić information content (AvgIpc) is 1.87. The first-order chi connectivity index (χ1) is 4.57. The Bertz CT molecular complexity index is 138. The van der Waals surface area contributed by atoms with E-state index in [9.17, 15) is 0 Å². The minimum absolute atomic E-state index is 0.461. The van der Waals surface area contributed by atoms with Gasteiger partial charge in [0, 0.05) is 12.8 Å². The minimum atomic E-state index is 0.461. The third kappa shape index (κ3) is 3.22. The van der Waals surface area contributed by atoms with Crippen LogP contribution in [0.1, 0.15) is 20.8 Å². The SMILES string of the molecule is C/C(=N/N(C)C=N)C(C)C. The van der Waals surface area contributed by atoms with Crippen LogP contribution in [0.5, 0.6) is 0 Å². The van der Waals surface area contributed by atoms with Gasteiger partial charge in [-0.25, -0.2) is 0 Å². The molecule has 0 aliphatic rings. The van der Waals surface area contributed by atoms with Crippen molar-refractivity contribution in [3.8, 4) is 0 Å². The predicted molar refractivity (Wildman–Crippen MR) is 44.5 cm³/mol. The molecule has 0 rings (SSSR count). The quantitative estimate of drug-likeness (QED) is 0.361. The number of nitrogens with one attached hydrogen (secondary N) is 1. The Morgan fingerprint density at radius 3 is 2.40 bits per heavy atom. The van der Waals surface area contributed by atoms with Crippen LogP contribution in [0.25, 0.3) is 0 Å². The molecule has 1 N–H and O–H groups in total. The third-order valence-electron chi connectivity index (χ3n) is 1.34. The molecule has 0 aliphatic heterocycles. The summed E-state index contributed by atoms with van der Waals surface area (Å²) in [5.41, 5.74) is 1.05. The fourth-order valence-electron chi connectivity index (χ4n) is 0.393. The fraction of sp³-hybridized carbons (Fsp3) is 0.714. The summed E-state index contributed by atoms with van der Waals surface area (Å²) in [6.07, 6.45) is 1.19. The number of nitrogens with zero attached hydrogens (tertiary/aromatic N) is 2. The van der Waals surface area contributed by atoms with E-state index < -0.39 is 0 Å².